The Morgan fingerprint density at radius 1 is 1.16 bits per heavy atom. The lowest BCUT2D eigenvalue weighted by Crippen LogP contribution is -2.32. The molecule has 25 heavy (non-hydrogen) atoms. The minimum Gasteiger partial charge on any atom is -0.481 e. The number of carbonyl (C=O) groups excluding carboxylic acids is 1. The topological polar surface area (TPSA) is 57.6 Å². The van der Waals surface area contributed by atoms with Crippen LogP contribution in [0.15, 0.2) is 42.5 Å². The number of anilines is 1. The van der Waals surface area contributed by atoms with Crippen molar-refractivity contribution in [2.24, 2.45) is 5.92 Å². The van der Waals surface area contributed by atoms with E-state index in [2.05, 4.69) is 0 Å². The van der Waals surface area contributed by atoms with E-state index in [1.165, 1.54) is 17.0 Å². The maximum Gasteiger partial charge on any atom is 0.312 e. The van der Waals surface area contributed by atoms with Crippen LogP contribution in [0.4, 0.5) is 10.1 Å². The quantitative estimate of drug-likeness (QED) is 0.906. The van der Waals surface area contributed by atoms with Gasteiger partial charge in [0.05, 0.1) is 0 Å². The number of hydrogen-bond donors (Lipinski definition) is 1. The van der Waals surface area contributed by atoms with Gasteiger partial charge >= 0.3 is 5.97 Å². The second kappa shape index (κ2) is 5.85. The molecule has 0 bridgehead atoms. The average Bonchev–Trinajstić information content (AvgIpc) is 3.26. The average molecular weight is 360 g/mol. The van der Waals surface area contributed by atoms with Crippen LogP contribution in [0.3, 0.4) is 0 Å². The fourth-order valence-corrected chi connectivity index (χ4v) is 3.98. The molecule has 1 fully saturated rings. The second-order valence-electron chi connectivity index (χ2n) is 6.48. The van der Waals surface area contributed by atoms with Crippen molar-refractivity contribution in [2.75, 3.05) is 11.4 Å². The maximum absolute atomic E-state index is 14.1. The lowest BCUT2D eigenvalue weighted by atomic mass is 10.0. The Hall–Kier alpha value is -2.40. The van der Waals surface area contributed by atoms with Gasteiger partial charge in [0.1, 0.15) is 11.7 Å². The Balaban J connectivity index is 1.60. The van der Waals surface area contributed by atoms with E-state index in [1.54, 1.807) is 30.3 Å². The van der Waals surface area contributed by atoms with Gasteiger partial charge in [0.25, 0.3) is 0 Å². The summed E-state index contributed by atoms with van der Waals surface area (Å²) in [5.41, 5.74) is 1.65. The van der Waals surface area contributed by atoms with E-state index in [9.17, 15) is 19.1 Å². The highest BCUT2D eigenvalue weighted by molar-refractivity contribution is 6.31. The number of carbonyl (C=O) groups is 2. The van der Waals surface area contributed by atoms with Crippen LogP contribution in [0, 0.1) is 11.7 Å². The van der Waals surface area contributed by atoms with E-state index in [-0.39, 0.29) is 24.3 Å². The number of para-hydroxylation sites is 1. The van der Waals surface area contributed by atoms with Crippen molar-refractivity contribution in [3.05, 3.63) is 64.4 Å². The summed E-state index contributed by atoms with van der Waals surface area (Å²) in [7, 11) is 0. The molecule has 1 saturated carbocycles. The molecule has 4 rings (SSSR count). The van der Waals surface area contributed by atoms with Gasteiger partial charge in [0.15, 0.2) is 0 Å². The van der Waals surface area contributed by atoms with Gasteiger partial charge in [0, 0.05) is 34.7 Å². The molecule has 0 spiro atoms. The van der Waals surface area contributed by atoms with Crippen LogP contribution in [0.5, 0.6) is 0 Å². The SMILES string of the molecule is O=C(O)C1CN(C(=O)C2CC2c2c(F)cccc2Cl)c2ccccc21. The lowest BCUT2D eigenvalue weighted by molar-refractivity contribution is -0.138. The zero-order chi connectivity index (χ0) is 17.7. The zero-order valence-corrected chi connectivity index (χ0v) is 13.9. The molecule has 1 N–H and O–H groups in total. The van der Waals surface area contributed by atoms with Crippen molar-refractivity contribution in [2.45, 2.75) is 18.3 Å². The number of carboxylic acids is 1. The Morgan fingerprint density at radius 3 is 2.64 bits per heavy atom. The summed E-state index contributed by atoms with van der Waals surface area (Å²) in [6, 6.07) is 11.5. The molecule has 3 unspecified atom stereocenters. The molecule has 3 atom stereocenters. The molecule has 2 aliphatic rings. The van der Waals surface area contributed by atoms with E-state index < -0.39 is 17.7 Å². The van der Waals surface area contributed by atoms with E-state index in [4.69, 9.17) is 11.6 Å². The molecule has 1 aliphatic carbocycles. The van der Waals surface area contributed by atoms with Crippen LogP contribution < -0.4 is 4.90 Å². The number of nitrogens with zero attached hydrogens (tertiary/aromatic N) is 1. The first-order valence-electron chi connectivity index (χ1n) is 8.06. The number of hydrogen-bond acceptors (Lipinski definition) is 2. The number of amides is 1. The third-order valence-electron chi connectivity index (χ3n) is 5.01. The van der Waals surface area contributed by atoms with Gasteiger partial charge in [-0.05, 0) is 30.2 Å². The Labute approximate surface area is 148 Å². The molecule has 128 valence electrons. The highest BCUT2D eigenvalue weighted by atomic mass is 35.5. The summed E-state index contributed by atoms with van der Waals surface area (Å²) in [6.07, 6.45) is 0.524. The first kappa shape index (κ1) is 16.1. The standard InChI is InChI=1S/C19H15ClFNO3/c20-14-5-3-6-15(21)17(14)11-8-12(11)18(23)22-9-13(19(24)25)10-4-1-2-7-16(10)22/h1-7,11-13H,8-9H2,(H,24,25). The van der Waals surface area contributed by atoms with Crippen LogP contribution >= 0.6 is 11.6 Å². The number of benzene rings is 2. The minimum absolute atomic E-state index is 0.113. The van der Waals surface area contributed by atoms with E-state index in [0.29, 0.717) is 28.3 Å². The minimum atomic E-state index is -0.952. The van der Waals surface area contributed by atoms with Gasteiger partial charge in [-0.25, -0.2) is 4.39 Å². The maximum atomic E-state index is 14.1. The molecule has 2 aromatic carbocycles. The number of aliphatic carboxylic acids is 1. The summed E-state index contributed by atoms with van der Waals surface area (Å²) in [4.78, 5) is 25.9. The predicted molar refractivity (Wildman–Crippen MR) is 91.4 cm³/mol. The van der Waals surface area contributed by atoms with Crippen molar-refractivity contribution in [3.63, 3.8) is 0 Å². The summed E-state index contributed by atoms with van der Waals surface area (Å²) in [5, 5.41) is 9.74. The van der Waals surface area contributed by atoms with Crippen molar-refractivity contribution in [1.82, 2.24) is 0 Å². The molecule has 1 amide bonds. The van der Waals surface area contributed by atoms with Gasteiger partial charge < -0.3 is 10.0 Å². The van der Waals surface area contributed by atoms with Gasteiger partial charge in [-0.3, -0.25) is 9.59 Å². The molecule has 4 nitrogen and oxygen atoms in total. The smallest absolute Gasteiger partial charge is 0.312 e. The third kappa shape index (κ3) is 2.59. The predicted octanol–water partition coefficient (Wildman–Crippen LogP) is 3.80. The number of halogens is 2. The van der Waals surface area contributed by atoms with Crippen LogP contribution in [0.1, 0.15) is 29.4 Å². The molecule has 0 radical (unpaired) electrons. The normalized spacial score (nSPS) is 24.1. The Bertz CT molecular complexity index is 864. The van der Waals surface area contributed by atoms with Crippen molar-refractivity contribution >= 4 is 29.2 Å². The molecule has 0 saturated heterocycles. The molecular formula is C19H15ClFNO3. The number of carboxylic acid groups (broad SMARTS) is 1. The highest BCUT2D eigenvalue weighted by Gasteiger charge is 2.50. The fourth-order valence-electron chi connectivity index (χ4n) is 3.68. The van der Waals surface area contributed by atoms with Gasteiger partial charge in [0.2, 0.25) is 5.91 Å². The fraction of sp³-hybridized carbons (Fsp3) is 0.263. The first-order valence-corrected chi connectivity index (χ1v) is 8.44. The summed E-state index contributed by atoms with van der Waals surface area (Å²) < 4.78 is 14.1. The molecule has 1 heterocycles. The van der Waals surface area contributed by atoms with Gasteiger partial charge in [-0.2, -0.15) is 0 Å². The second-order valence-corrected chi connectivity index (χ2v) is 6.89. The van der Waals surface area contributed by atoms with E-state index in [0.717, 1.165) is 0 Å². The van der Waals surface area contributed by atoms with Crippen LogP contribution in [-0.2, 0) is 9.59 Å². The van der Waals surface area contributed by atoms with Crippen LogP contribution in [0.2, 0.25) is 5.02 Å². The monoisotopic (exact) mass is 359 g/mol. The van der Waals surface area contributed by atoms with E-state index >= 15 is 0 Å². The van der Waals surface area contributed by atoms with Crippen molar-refractivity contribution in [3.8, 4) is 0 Å². The largest absolute Gasteiger partial charge is 0.481 e. The van der Waals surface area contributed by atoms with E-state index in [1.807, 2.05) is 0 Å². The lowest BCUT2D eigenvalue weighted by Gasteiger charge is -2.18. The third-order valence-corrected chi connectivity index (χ3v) is 5.34. The first-order chi connectivity index (χ1) is 12.0. The number of fused-ring (bicyclic) bond motifs is 1. The molecular weight excluding hydrogens is 345 g/mol. The molecule has 0 aromatic heterocycles. The van der Waals surface area contributed by atoms with Crippen LogP contribution in [-0.4, -0.2) is 23.5 Å². The summed E-state index contributed by atoms with van der Waals surface area (Å²) in [5.74, 6) is -2.87. The van der Waals surface area contributed by atoms with Gasteiger partial charge in [-0.15, -0.1) is 0 Å². The molecule has 1 aliphatic heterocycles. The summed E-state index contributed by atoms with van der Waals surface area (Å²) in [6.45, 7) is 0.113. The van der Waals surface area contributed by atoms with Crippen molar-refractivity contribution in [1.29, 1.82) is 0 Å². The highest BCUT2D eigenvalue weighted by Crippen LogP contribution is 2.52. The molecule has 2 aromatic rings. The van der Waals surface area contributed by atoms with Gasteiger partial charge in [-0.1, -0.05) is 35.9 Å². The Kier molecular flexibility index (Phi) is 3.76. The number of rotatable bonds is 3. The van der Waals surface area contributed by atoms with Crippen molar-refractivity contribution < 1.29 is 19.1 Å². The Morgan fingerprint density at radius 2 is 1.92 bits per heavy atom. The van der Waals surface area contributed by atoms with Crippen LogP contribution in [0.25, 0.3) is 0 Å². The zero-order valence-electron chi connectivity index (χ0n) is 13.2. The molecule has 6 heteroatoms. The summed E-state index contributed by atoms with van der Waals surface area (Å²) >= 11 is 6.10.